The van der Waals surface area contributed by atoms with Crippen LogP contribution in [0.4, 0.5) is 0 Å². The monoisotopic (exact) mass is 232 g/mol. The Labute approximate surface area is 98.0 Å². The van der Waals surface area contributed by atoms with Gasteiger partial charge in [-0.1, -0.05) is 29.8 Å². The van der Waals surface area contributed by atoms with Crippen LogP contribution in [0.15, 0.2) is 41.5 Å². The fourth-order valence-corrected chi connectivity index (χ4v) is 1.82. The van der Waals surface area contributed by atoms with Crippen molar-refractivity contribution in [2.75, 3.05) is 0 Å². The second-order valence-electron chi connectivity index (χ2n) is 3.29. The SMILES string of the molecule is N#Cc1ccccc1C1(Cl)N=C(N)C=CN1. The van der Waals surface area contributed by atoms with Gasteiger partial charge in [-0.3, -0.25) is 0 Å². The highest BCUT2D eigenvalue weighted by molar-refractivity contribution is 6.25. The molecular formula is C11H9ClN4. The Hall–Kier alpha value is -1.99. The van der Waals surface area contributed by atoms with Gasteiger partial charge in [-0.15, -0.1) is 0 Å². The summed E-state index contributed by atoms with van der Waals surface area (Å²) in [6, 6.07) is 9.07. The fraction of sp³-hybridized carbons (Fsp3) is 0.0909. The molecule has 3 N–H and O–H groups in total. The van der Waals surface area contributed by atoms with Crippen LogP contribution in [-0.2, 0) is 5.12 Å². The van der Waals surface area contributed by atoms with Crippen LogP contribution < -0.4 is 11.1 Å². The molecule has 2 rings (SSSR count). The van der Waals surface area contributed by atoms with Gasteiger partial charge in [0.2, 0.25) is 5.12 Å². The number of alkyl halides is 1. The third-order valence-corrected chi connectivity index (χ3v) is 2.61. The van der Waals surface area contributed by atoms with Crippen LogP contribution >= 0.6 is 11.6 Å². The molecule has 1 unspecified atom stereocenters. The summed E-state index contributed by atoms with van der Waals surface area (Å²) in [7, 11) is 0. The molecule has 1 heterocycles. The van der Waals surface area contributed by atoms with Crippen molar-refractivity contribution in [1.82, 2.24) is 5.32 Å². The number of nitrogens with two attached hydrogens (primary N) is 1. The second-order valence-corrected chi connectivity index (χ2v) is 3.84. The zero-order valence-electron chi connectivity index (χ0n) is 8.31. The van der Waals surface area contributed by atoms with Crippen LogP contribution in [0, 0.1) is 11.3 Å². The van der Waals surface area contributed by atoms with Crippen LogP contribution in [0.1, 0.15) is 11.1 Å². The van der Waals surface area contributed by atoms with E-state index in [4.69, 9.17) is 22.6 Å². The minimum absolute atomic E-state index is 0.321. The van der Waals surface area contributed by atoms with Crippen molar-refractivity contribution in [2.24, 2.45) is 10.7 Å². The van der Waals surface area contributed by atoms with Crippen LogP contribution in [0.3, 0.4) is 0 Å². The Morgan fingerprint density at radius 3 is 2.88 bits per heavy atom. The minimum Gasteiger partial charge on any atom is -0.384 e. The van der Waals surface area contributed by atoms with Crippen molar-refractivity contribution >= 4 is 17.4 Å². The Bertz CT molecular complexity index is 515. The van der Waals surface area contributed by atoms with Crippen molar-refractivity contribution < 1.29 is 0 Å². The topological polar surface area (TPSA) is 74.2 Å². The number of nitrogens with one attached hydrogen (secondary N) is 1. The van der Waals surface area contributed by atoms with E-state index >= 15 is 0 Å². The lowest BCUT2D eigenvalue weighted by molar-refractivity contribution is 0.567. The van der Waals surface area contributed by atoms with Crippen LogP contribution in [0.25, 0.3) is 0 Å². The molecule has 0 bridgehead atoms. The van der Waals surface area contributed by atoms with Gasteiger partial charge in [0.1, 0.15) is 5.84 Å². The Morgan fingerprint density at radius 1 is 1.44 bits per heavy atom. The van der Waals surface area contributed by atoms with E-state index < -0.39 is 5.12 Å². The van der Waals surface area contributed by atoms with Gasteiger partial charge in [-0.2, -0.15) is 5.26 Å². The molecule has 0 aliphatic carbocycles. The third kappa shape index (κ3) is 1.73. The summed E-state index contributed by atoms with van der Waals surface area (Å²) in [6.07, 6.45) is 3.22. The second kappa shape index (κ2) is 3.87. The number of amidine groups is 1. The molecule has 4 nitrogen and oxygen atoms in total. The molecule has 0 fully saturated rings. The highest BCUT2D eigenvalue weighted by Gasteiger charge is 2.31. The number of benzene rings is 1. The molecule has 1 aromatic rings. The van der Waals surface area contributed by atoms with E-state index in [2.05, 4.69) is 16.4 Å². The first-order chi connectivity index (χ1) is 7.65. The van der Waals surface area contributed by atoms with E-state index in [0.29, 0.717) is 17.0 Å². The van der Waals surface area contributed by atoms with Gasteiger partial charge in [0.05, 0.1) is 11.6 Å². The van der Waals surface area contributed by atoms with E-state index in [1.54, 1.807) is 36.5 Å². The average molecular weight is 233 g/mol. The molecule has 0 saturated heterocycles. The number of hydrogen-bond acceptors (Lipinski definition) is 4. The number of rotatable bonds is 1. The molecule has 1 aliphatic rings. The number of aliphatic imine (C=N–C) groups is 1. The summed E-state index contributed by atoms with van der Waals surface area (Å²) in [5.41, 5.74) is 6.65. The Kier molecular flexibility index (Phi) is 2.55. The molecule has 16 heavy (non-hydrogen) atoms. The molecule has 0 amide bonds. The summed E-state index contributed by atoms with van der Waals surface area (Å²) in [5, 5.41) is 10.7. The van der Waals surface area contributed by atoms with E-state index in [0.717, 1.165) is 0 Å². The molecule has 80 valence electrons. The average Bonchev–Trinajstić information content (AvgIpc) is 2.29. The van der Waals surface area contributed by atoms with Crippen molar-refractivity contribution in [1.29, 1.82) is 5.26 Å². The fourth-order valence-electron chi connectivity index (χ4n) is 1.49. The van der Waals surface area contributed by atoms with Gasteiger partial charge < -0.3 is 11.1 Å². The lowest BCUT2D eigenvalue weighted by Crippen LogP contribution is -2.37. The quantitative estimate of drug-likeness (QED) is 0.568. The number of hydrogen-bond donors (Lipinski definition) is 2. The van der Waals surface area contributed by atoms with Crippen molar-refractivity contribution in [3.05, 3.63) is 47.7 Å². The summed E-state index contributed by atoms with van der Waals surface area (Å²) >= 11 is 6.30. The zero-order chi connectivity index (χ0) is 11.6. The van der Waals surface area contributed by atoms with Crippen LogP contribution in [0.2, 0.25) is 0 Å². The van der Waals surface area contributed by atoms with Crippen molar-refractivity contribution in [3.63, 3.8) is 0 Å². The zero-order valence-corrected chi connectivity index (χ0v) is 9.07. The van der Waals surface area contributed by atoms with E-state index in [-0.39, 0.29) is 0 Å². The highest BCUT2D eigenvalue weighted by atomic mass is 35.5. The first kappa shape index (κ1) is 10.5. The van der Waals surface area contributed by atoms with Crippen molar-refractivity contribution in [3.8, 4) is 6.07 Å². The minimum atomic E-state index is -1.19. The first-order valence-corrected chi connectivity index (χ1v) is 5.01. The molecule has 0 saturated carbocycles. The van der Waals surface area contributed by atoms with Gasteiger partial charge in [0.25, 0.3) is 0 Å². The van der Waals surface area contributed by atoms with Gasteiger partial charge in [0.15, 0.2) is 0 Å². The molecule has 1 aliphatic heterocycles. The van der Waals surface area contributed by atoms with Gasteiger partial charge in [-0.05, 0) is 12.1 Å². The smallest absolute Gasteiger partial charge is 0.235 e. The third-order valence-electron chi connectivity index (χ3n) is 2.22. The number of halogens is 1. The predicted octanol–water partition coefficient (Wildman–Crippen LogP) is 1.38. The van der Waals surface area contributed by atoms with Gasteiger partial charge >= 0.3 is 0 Å². The molecule has 5 heteroatoms. The van der Waals surface area contributed by atoms with Crippen LogP contribution in [-0.4, -0.2) is 5.84 Å². The lowest BCUT2D eigenvalue weighted by atomic mass is 10.1. The van der Waals surface area contributed by atoms with Gasteiger partial charge in [-0.25, -0.2) is 4.99 Å². The maximum Gasteiger partial charge on any atom is 0.235 e. The lowest BCUT2D eigenvalue weighted by Gasteiger charge is -2.27. The normalized spacial score (nSPS) is 23.1. The van der Waals surface area contributed by atoms with Crippen LogP contribution in [0.5, 0.6) is 0 Å². The van der Waals surface area contributed by atoms with E-state index in [1.165, 1.54) is 0 Å². The maximum absolute atomic E-state index is 9.00. The first-order valence-electron chi connectivity index (χ1n) is 4.64. The predicted molar refractivity (Wildman–Crippen MR) is 62.6 cm³/mol. The standard InChI is InChI=1S/C11H9ClN4/c12-11(15-6-5-10(14)16-11)9-4-2-1-3-8(9)7-13/h1-6,15H,(H2,14,16). The summed E-state index contributed by atoms with van der Waals surface area (Å²) in [6.45, 7) is 0. The van der Waals surface area contributed by atoms with E-state index in [9.17, 15) is 0 Å². The molecule has 1 atom stereocenters. The highest BCUT2D eigenvalue weighted by Crippen LogP contribution is 2.31. The molecule has 0 spiro atoms. The summed E-state index contributed by atoms with van der Waals surface area (Å²) in [4.78, 5) is 4.10. The summed E-state index contributed by atoms with van der Waals surface area (Å²) < 4.78 is 0. The van der Waals surface area contributed by atoms with Crippen molar-refractivity contribution in [2.45, 2.75) is 5.12 Å². The Balaban J connectivity index is 2.53. The van der Waals surface area contributed by atoms with E-state index in [1.807, 2.05) is 0 Å². The van der Waals surface area contributed by atoms with Gasteiger partial charge in [0, 0.05) is 11.8 Å². The largest absolute Gasteiger partial charge is 0.384 e. The maximum atomic E-state index is 9.00. The molecule has 0 radical (unpaired) electrons. The summed E-state index contributed by atoms with van der Waals surface area (Å²) in [5.74, 6) is 0.321. The number of nitrogens with zero attached hydrogens (tertiary/aromatic N) is 2. The number of nitriles is 1. The molecular weight excluding hydrogens is 224 g/mol. The molecule has 1 aromatic carbocycles. The molecule has 0 aromatic heterocycles. The Morgan fingerprint density at radius 2 is 2.19 bits per heavy atom.